The predicted molar refractivity (Wildman–Crippen MR) is 58.7 cm³/mol. The Labute approximate surface area is 87.8 Å². The van der Waals surface area contributed by atoms with E-state index in [1.54, 1.807) is 0 Å². The summed E-state index contributed by atoms with van der Waals surface area (Å²) in [4.78, 5) is 2.68. The lowest BCUT2D eigenvalue weighted by Crippen LogP contribution is -1.85. The van der Waals surface area contributed by atoms with Crippen molar-refractivity contribution in [1.82, 2.24) is 0 Å². The summed E-state index contributed by atoms with van der Waals surface area (Å²) in [7, 11) is 0. The van der Waals surface area contributed by atoms with Crippen LogP contribution < -0.4 is 4.74 Å². The van der Waals surface area contributed by atoms with Crippen LogP contribution in [0, 0.1) is 0 Å². The molecule has 0 aromatic heterocycles. The van der Waals surface area contributed by atoms with Gasteiger partial charge in [0.15, 0.2) is 0 Å². The van der Waals surface area contributed by atoms with Crippen LogP contribution >= 0.6 is 0 Å². The van der Waals surface area contributed by atoms with E-state index in [4.69, 9.17) is 10.3 Å². The van der Waals surface area contributed by atoms with Crippen molar-refractivity contribution >= 4 is 6.08 Å². The number of benzene rings is 1. The Kier molecular flexibility index (Phi) is 2.90. The van der Waals surface area contributed by atoms with Crippen LogP contribution in [0.15, 0.2) is 29.4 Å². The van der Waals surface area contributed by atoms with E-state index in [-0.39, 0.29) is 0 Å². The van der Waals surface area contributed by atoms with Gasteiger partial charge >= 0.3 is 0 Å². The molecule has 0 spiro atoms. The Bertz CT molecular complexity index is 433. The highest BCUT2D eigenvalue weighted by molar-refractivity contribution is 5.54. The number of fused-ring (bicyclic) bond motifs is 1. The third-order valence-electron chi connectivity index (χ3n) is 2.27. The molecule has 0 fully saturated rings. The SMILES string of the molecule is [N-]=[N+]=NCC=Cc1ccc2c(c1)CCO2. The summed E-state index contributed by atoms with van der Waals surface area (Å²) in [6.07, 6.45) is 4.78. The van der Waals surface area contributed by atoms with Crippen molar-refractivity contribution in [2.24, 2.45) is 5.11 Å². The molecule has 4 nitrogen and oxygen atoms in total. The van der Waals surface area contributed by atoms with Gasteiger partial charge in [-0.05, 0) is 28.8 Å². The first-order chi connectivity index (χ1) is 7.40. The van der Waals surface area contributed by atoms with Gasteiger partial charge in [0.2, 0.25) is 0 Å². The van der Waals surface area contributed by atoms with Gasteiger partial charge in [-0.2, -0.15) is 0 Å². The van der Waals surface area contributed by atoms with Crippen LogP contribution in [-0.2, 0) is 6.42 Å². The fourth-order valence-electron chi connectivity index (χ4n) is 1.58. The number of hydrogen-bond donors (Lipinski definition) is 0. The summed E-state index contributed by atoms with van der Waals surface area (Å²) < 4.78 is 5.41. The van der Waals surface area contributed by atoms with E-state index < -0.39 is 0 Å². The zero-order valence-corrected chi connectivity index (χ0v) is 8.26. The number of nitrogens with zero attached hydrogens (tertiary/aromatic N) is 3. The van der Waals surface area contributed by atoms with Gasteiger partial charge in [0, 0.05) is 17.9 Å². The Balaban J connectivity index is 2.09. The van der Waals surface area contributed by atoms with Crippen LogP contribution in [0.3, 0.4) is 0 Å². The van der Waals surface area contributed by atoms with Gasteiger partial charge in [0.1, 0.15) is 5.75 Å². The summed E-state index contributed by atoms with van der Waals surface area (Å²) >= 11 is 0. The van der Waals surface area contributed by atoms with E-state index >= 15 is 0 Å². The van der Waals surface area contributed by atoms with Gasteiger partial charge < -0.3 is 4.74 Å². The summed E-state index contributed by atoms with van der Waals surface area (Å²) in [5.41, 5.74) is 10.5. The van der Waals surface area contributed by atoms with E-state index in [1.165, 1.54) is 5.56 Å². The molecule has 76 valence electrons. The fourth-order valence-corrected chi connectivity index (χ4v) is 1.58. The molecular formula is C11H11N3O. The third-order valence-corrected chi connectivity index (χ3v) is 2.27. The number of hydrogen-bond acceptors (Lipinski definition) is 2. The van der Waals surface area contributed by atoms with E-state index in [0.717, 1.165) is 24.3 Å². The first-order valence-electron chi connectivity index (χ1n) is 4.83. The molecular weight excluding hydrogens is 190 g/mol. The Morgan fingerprint density at radius 3 is 3.33 bits per heavy atom. The Hall–Kier alpha value is -1.93. The highest BCUT2D eigenvalue weighted by atomic mass is 16.5. The minimum absolute atomic E-state index is 0.393. The predicted octanol–water partition coefficient (Wildman–Crippen LogP) is 2.95. The van der Waals surface area contributed by atoms with Crippen molar-refractivity contribution in [1.29, 1.82) is 0 Å². The molecule has 0 atom stereocenters. The minimum Gasteiger partial charge on any atom is -0.493 e. The second kappa shape index (κ2) is 4.53. The maximum atomic E-state index is 8.10. The molecule has 0 saturated heterocycles. The van der Waals surface area contributed by atoms with Crippen LogP contribution in [-0.4, -0.2) is 13.2 Å². The number of rotatable bonds is 3. The van der Waals surface area contributed by atoms with Crippen molar-refractivity contribution in [3.05, 3.63) is 45.8 Å². The van der Waals surface area contributed by atoms with Crippen molar-refractivity contribution in [3.8, 4) is 5.75 Å². The molecule has 0 N–H and O–H groups in total. The standard InChI is InChI=1S/C11H11N3O/c12-14-13-6-1-2-9-3-4-11-10(8-9)5-7-15-11/h1-4,8H,5-7H2. The van der Waals surface area contributed by atoms with Crippen LogP contribution in [0.25, 0.3) is 16.5 Å². The highest BCUT2D eigenvalue weighted by Gasteiger charge is 2.10. The summed E-state index contributed by atoms with van der Waals surface area (Å²) in [6.45, 7) is 1.17. The monoisotopic (exact) mass is 201 g/mol. The molecule has 15 heavy (non-hydrogen) atoms. The molecule has 1 aliphatic heterocycles. The van der Waals surface area contributed by atoms with Gasteiger partial charge in [0.05, 0.1) is 6.61 Å². The molecule has 4 heteroatoms. The van der Waals surface area contributed by atoms with Gasteiger partial charge in [-0.15, -0.1) is 0 Å². The molecule has 1 aromatic carbocycles. The first kappa shape index (κ1) is 9.62. The molecule has 0 bridgehead atoms. The number of ether oxygens (including phenoxy) is 1. The second-order valence-corrected chi connectivity index (χ2v) is 3.28. The van der Waals surface area contributed by atoms with Crippen molar-refractivity contribution < 1.29 is 4.74 Å². The smallest absolute Gasteiger partial charge is 0.122 e. The van der Waals surface area contributed by atoms with E-state index in [2.05, 4.69) is 16.1 Å². The van der Waals surface area contributed by atoms with Crippen molar-refractivity contribution in [2.45, 2.75) is 6.42 Å². The second-order valence-electron chi connectivity index (χ2n) is 3.28. The first-order valence-corrected chi connectivity index (χ1v) is 4.83. The zero-order chi connectivity index (χ0) is 10.5. The van der Waals surface area contributed by atoms with Gasteiger partial charge in [0.25, 0.3) is 0 Å². The molecule has 0 radical (unpaired) electrons. The Morgan fingerprint density at radius 1 is 1.53 bits per heavy atom. The van der Waals surface area contributed by atoms with Crippen LogP contribution in [0.4, 0.5) is 0 Å². The molecule has 1 aromatic rings. The lowest BCUT2D eigenvalue weighted by molar-refractivity contribution is 0.357. The van der Waals surface area contributed by atoms with Gasteiger partial charge in [-0.25, -0.2) is 0 Å². The van der Waals surface area contributed by atoms with E-state index in [0.29, 0.717) is 6.54 Å². The molecule has 0 saturated carbocycles. The molecule has 0 aliphatic carbocycles. The highest BCUT2D eigenvalue weighted by Crippen LogP contribution is 2.26. The summed E-state index contributed by atoms with van der Waals surface area (Å²) in [5, 5.41) is 3.43. The average Bonchev–Trinajstić information content (AvgIpc) is 2.71. The van der Waals surface area contributed by atoms with Crippen molar-refractivity contribution in [2.75, 3.05) is 13.2 Å². The Morgan fingerprint density at radius 2 is 2.47 bits per heavy atom. The zero-order valence-electron chi connectivity index (χ0n) is 8.26. The van der Waals surface area contributed by atoms with E-state index in [1.807, 2.05) is 24.3 Å². The lowest BCUT2D eigenvalue weighted by atomic mass is 10.1. The molecule has 1 heterocycles. The van der Waals surface area contributed by atoms with E-state index in [9.17, 15) is 0 Å². The lowest BCUT2D eigenvalue weighted by Gasteiger charge is -1.99. The average molecular weight is 201 g/mol. The molecule has 1 aliphatic rings. The third kappa shape index (κ3) is 2.30. The van der Waals surface area contributed by atoms with Gasteiger partial charge in [-0.1, -0.05) is 23.3 Å². The molecule has 0 unspecified atom stereocenters. The summed E-state index contributed by atoms with van der Waals surface area (Å²) in [6, 6.07) is 6.08. The van der Waals surface area contributed by atoms with Crippen LogP contribution in [0.5, 0.6) is 5.75 Å². The van der Waals surface area contributed by atoms with Crippen LogP contribution in [0.1, 0.15) is 11.1 Å². The maximum Gasteiger partial charge on any atom is 0.122 e. The van der Waals surface area contributed by atoms with Crippen molar-refractivity contribution in [3.63, 3.8) is 0 Å². The number of azide groups is 1. The quantitative estimate of drug-likeness (QED) is 0.421. The maximum absolute atomic E-state index is 8.10. The van der Waals surface area contributed by atoms with Gasteiger partial charge in [-0.3, -0.25) is 0 Å². The summed E-state index contributed by atoms with van der Waals surface area (Å²) in [5.74, 6) is 0.988. The molecule has 2 rings (SSSR count). The van der Waals surface area contributed by atoms with Crippen LogP contribution in [0.2, 0.25) is 0 Å². The normalized spacial score (nSPS) is 13.3. The minimum atomic E-state index is 0.393. The fraction of sp³-hybridized carbons (Fsp3) is 0.273. The largest absolute Gasteiger partial charge is 0.493 e. The molecule has 0 amide bonds. The topological polar surface area (TPSA) is 58.0 Å².